The van der Waals surface area contributed by atoms with Crippen molar-refractivity contribution in [3.63, 3.8) is 0 Å². The van der Waals surface area contributed by atoms with Crippen molar-refractivity contribution in [3.05, 3.63) is 35.9 Å². The van der Waals surface area contributed by atoms with Gasteiger partial charge in [-0.25, -0.2) is 23.4 Å². The summed E-state index contributed by atoms with van der Waals surface area (Å²) >= 11 is 0. The average Bonchev–Trinajstić information content (AvgIpc) is 2.57. The molecule has 0 saturated heterocycles. The van der Waals surface area contributed by atoms with Gasteiger partial charge in [-0.2, -0.15) is 5.10 Å². The zero-order valence-electron chi connectivity index (χ0n) is 13.9. The summed E-state index contributed by atoms with van der Waals surface area (Å²) in [7, 11) is -1.65. The zero-order chi connectivity index (χ0) is 18.0. The van der Waals surface area contributed by atoms with Gasteiger partial charge in [0.2, 0.25) is 10.0 Å². The summed E-state index contributed by atoms with van der Waals surface area (Å²) < 4.78 is 26.2. The van der Waals surface area contributed by atoms with Crippen LogP contribution in [0.15, 0.2) is 29.6 Å². The number of pyridine rings is 1. The SMILES string of the molecule is CCCS(=O)(=O)Nc1cnc(C2C=NN(C)c3ncccc32)nc1N. The maximum absolute atomic E-state index is 11.9. The van der Waals surface area contributed by atoms with Crippen LogP contribution in [-0.2, 0) is 10.0 Å². The van der Waals surface area contributed by atoms with Gasteiger partial charge >= 0.3 is 0 Å². The van der Waals surface area contributed by atoms with Crippen LogP contribution >= 0.6 is 0 Å². The molecule has 3 N–H and O–H groups in total. The lowest BCUT2D eigenvalue weighted by Gasteiger charge is -2.24. The Hall–Kier alpha value is -2.75. The summed E-state index contributed by atoms with van der Waals surface area (Å²) in [5.41, 5.74) is 7.01. The minimum absolute atomic E-state index is 0.00878. The van der Waals surface area contributed by atoms with Crippen molar-refractivity contribution in [1.29, 1.82) is 0 Å². The molecule has 1 unspecified atom stereocenters. The number of aromatic nitrogens is 3. The molecule has 0 radical (unpaired) electrons. The van der Waals surface area contributed by atoms with Crippen LogP contribution in [0.4, 0.5) is 17.3 Å². The Bertz CT molecular complexity index is 914. The van der Waals surface area contributed by atoms with E-state index in [2.05, 4.69) is 24.8 Å². The summed E-state index contributed by atoms with van der Waals surface area (Å²) in [5, 5.41) is 5.95. The van der Waals surface area contributed by atoms with Crippen molar-refractivity contribution in [2.75, 3.05) is 28.3 Å². The first-order valence-corrected chi connectivity index (χ1v) is 9.42. The molecule has 25 heavy (non-hydrogen) atoms. The Morgan fingerprint density at radius 1 is 1.36 bits per heavy atom. The van der Waals surface area contributed by atoms with Gasteiger partial charge in [-0.3, -0.25) is 9.73 Å². The van der Waals surface area contributed by atoms with Crippen LogP contribution in [0.2, 0.25) is 0 Å². The Balaban J connectivity index is 1.93. The summed E-state index contributed by atoms with van der Waals surface area (Å²) in [6, 6.07) is 3.75. The number of fused-ring (bicyclic) bond motifs is 1. The molecule has 3 rings (SSSR count). The highest BCUT2D eigenvalue weighted by molar-refractivity contribution is 7.92. The van der Waals surface area contributed by atoms with Crippen LogP contribution in [-0.4, -0.2) is 42.4 Å². The number of anilines is 3. The molecule has 0 spiro atoms. The summed E-state index contributed by atoms with van der Waals surface area (Å²) in [4.78, 5) is 12.9. The van der Waals surface area contributed by atoms with Crippen molar-refractivity contribution in [2.24, 2.45) is 5.10 Å². The Labute approximate surface area is 146 Å². The van der Waals surface area contributed by atoms with E-state index >= 15 is 0 Å². The molecule has 132 valence electrons. The van der Waals surface area contributed by atoms with Gasteiger partial charge < -0.3 is 5.73 Å². The van der Waals surface area contributed by atoms with Crippen LogP contribution in [0, 0.1) is 0 Å². The molecule has 0 bridgehead atoms. The van der Waals surface area contributed by atoms with Gasteiger partial charge in [-0.15, -0.1) is 0 Å². The molecule has 0 aromatic carbocycles. The second kappa shape index (κ2) is 6.63. The fourth-order valence-electron chi connectivity index (χ4n) is 2.56. The molecule has 0 aliphatic carbocycles. The van der Waals surface area contributed by atoms with Crippen molar-refractivity contribution < 1.29 is 8.42 Å². The predicted octanol–water partition coefficient (Wildman–Crippen LogP) is 1.17. The van der Waals surface area contributed by atoms with E-state index in [1.807, 2.05) is 12.1 Å². The summed E-state index contributed by atoms with van der Waals surface area (Å²) in [5.74, 6) is 0.923. The monoisotopic (exact) mass is 361 g/mol. The molecular formula is C15H19N7O2S. The topological polar surface area (TPSA) is 126 Å². The highest BCUT2D eigenvalue weighted by Gasteiger charge is 2.25. The third-order valence-corrected chi connectivity index (χ3v) is 5.18. The number of nitrogens with zero attached hydrogens (tertiary/aromatic N) is 5. The van der Waals surface area contributed by atoms with E-state index in [9.17, 15) is 8.42 Å². The Morgan fingerprint density at radius 2 is 2.16 bits per heavy atom. The molecule has 2 aromatic rings. The smallest absolute Gasteiger partial charge is 0.232 e. The van der Waals surface area contributed by atoms with Crippen LogP contribution in [0.3, 0.4) is 0 Å². The van der Waals surface area contributed by atoms with Crippen LogP contribution in [0.5, 0.6) is 0 Å². The third kappa shape index (κ3) is 3.53. The first-order valence-electron chi connectivity index (χ1n) is 7.77. The normalized spacial score (nSPS) is 16.6. The van der Waals surface area contributed by atoms with E-state index in [4.69, 9.17) is 5.73 Å². The maximum atomic E-state index is 11.9. The van der Waals surface area contributed by atoms with Crippen molar-refractivity contribution in [3.8, 4) is 0 Å². The highest BCUT2D eigenvalue weighted by atomic mass is 32.2. The predicted molar refractivity (Wildman–Crippen MR) is 97.1 cm³/mol. The lowest BCUT2D eigenvalue weighted by Crippen LogP contribution is -2.23. The molecule has 0 amide bonds. The molecule has 0 fully saturated rings. The van der Waals surface area contributed by atoms with Crippen molar-refractivity contribution in [1.82, 2.24) is 15.0 Å². The summed E-state index contributed by atoms with van der Waals surface area (Å²) in [6.45, 7) is 1.78. The van der Waals surface area contributed by atoms with E-state index in [1.165, 1.54) is 6.20 Å². The molecule has 1 aliphatic rings. The van der Waals surface area contributed by atoms with Gasteiger partial charge in [-0.1, -0.05) is 13.0 Å². The molecule has 1 aliphatic heterocycles. The number of nitrogen functional groups attached to an aromatic ring is 1. The number of sulfonamides is 1. The van der Waals surface area contributed by atoms with E-state index < -0.39 is 10.0 Å². The largest absolute Gasteiger partial charge is 0.382 e. The average molecular weight is 361 g/mol. The molecule has 1 atom stereocenters. The molecule has 10 heteroatoms. The standard InChI is InChI=1S/C15H19N7O2S/c1-3-7-25(23,24)21-12-9-18-14(20-13(12)16)11-8-19-22(2)15-10(11)5-4-6-17-15/h4-6,8-9,11,21H,3,7H2,1-2H3,(H2,16,18,20). The van der Waals surface area contributed by atoms with Gasteiger partial charge in [0.15, 0.2) is 11.6 Å². The number of nitrogens with two attached hydrogens (primary N) is 1. The highest BCUT2D eigenvalue weighted by Crippen LogP contribution is 2.32. The van der Waals surface area contributed by atoms with Crippen molar-refractivity contribution >= 4 is 33.6 Å². The van der Waals surface area contributed by atoms with Crippen molar-refractivity contribution in [2.45, 2.75) is 19.3 Å². The van der Waals surface area contributed by atoms with E-state index in [0.717, 1.165) is 5.56 Å². The van der Waals surface area contributed by atoms with Crippen LogP contribution < -0.4 is 15.5 Å². The zero-order valence-corrected chi connectivity index (χ0v) is 14.7. The number of hydrogen-bond donors (Lipinski definition) is 2. The number of hydrogen-bond acceptors (Lipinski definition) is 8. The molecular weight excluding hydrogens is 342 g/mol. The second-order valence-corrected chi connectivity index (χ2v) is 7.47. The minimum atomic E-state index is -3.45. The fraction of sp³-hybridized carbons (Fsp3) is 0.333. The lowest BCUT2D eigenvalue weighted by atomic mass is 9.99. The number of hydrazone groups is 1. The number of rotatable bonds is 5. The molecule has 2 aromatic heterocycles. The lowest BCUT2D eigenvalue weighted by molar-refractivity contribution is 0.600. The first-order chi connectivity index (χ1) is 11.9. The first kappa shape index (κ1) is 17.1. The van der Waals surface area contributed by atoms with Gasteiger partial charge in [0.1, 0.15) is 11.5 Å². The second-order valence-electron chi connectivity index (χ2n) is 5.63. The van der Waals surface area contributed by atoms with Gasteiger partial charge in [0.05, 0.1) is 17.9 Å². The van der Waals surface area contributed by atoms with E-state index in [0.29, 0.717) is 18.1 Å². The number of nitrogens with one attached hydrogen (secondary N) is 1. The molecule has 3 heterocycles. The summed E-state index contributed by atoms with van der Waals surface area (Å²) in [6.07, 6.45) is 5.28. The Morgan fingerprint density at radius 3 is 2.88 bits per heavy atom. The Kier molecular flexibility index (Phi) is 4.53. The van der Waals surface area contributed by atoms with Gasteiger partial charge in [-0.05, 0) is 12.5 Å². The van der Waals surface area contributed by atoms with Crippen LogP contribution in [0.1, 0.15) is 30.7 Å². The molecule has 0 saturated carbocycles. The molecule has 9 nitrogen and oxygen atoms in total. The van der Waals surface area contributed by atoms with E-state index in [1.54, 1.807) is 31.4 Å². The van der Waals surface area contributed by atoms with Crippen LogP contribution in [0.25, 0.3) is 0 Å². The van der Waals surface area contributed by atoms with Gasteiger partial charge in [0.25, 0.3) is 0 Å². The third-order valence-electron chi connectivity index (χ3n) is 3.70. The quantitative estimate of drug-likeness (QED) is 0.818. The maximum Gasteiger partial charge on any atom is 0.232 e. The van der Waals surface area contributed by atoms with E-state index in [-0.39, 0.29) is 23.2 Å². The fourth-order valence-corrected chi connectivity index (χ4v) is 3.69. The minimum Gasteiger partial charge on any atom is -0.382 e. The van der Waals surface area contributed by atoms with Gasteiger partial charge in [0, 0.05) is 25.0 Å².